The molecule has 0 radical (unpaired) electrons. The number of fused-ring (bicyclic) bond motifs is 4. The van der Waals surface area contributed by atoms with E-state index in [1.165, 1.54) is 60.4 Å². The maximum atomic E-state index is 6.04. The first-order chi connectivity index (χ1) is 28.7. The van der Waals surface area contributed by atoms with Crippen LogP contribution in [0.25, 0.3) is 106 Å². The monoisotopic (exact) mass is 741 g/mol. The smallest absolute Gasteiger partial charge is 0.248 e. The van der Waals surface area contributed by atoms with Gasteiger partial charge in [-0.3, -0.25) is 0 Å². The summed E-state index contributed by atoms with van der Waals surface area (Å²) in [6, 6.07) is 75.4. The van der Waals surface area contributed by atoms with Gasteiger partial charge in [-0.25, -0.2) is 0 Å². The van der Waals surface area contributed by atoms with Gasteiger partial charge in [0.25, 0.3) is 0 Å². The molecule has 0 saturated carbocycles. The highest BCUT2D eigenvalue weighted by Gasteiger charge is 2.17. The van der Waals surface area contributed by atoms with Crippen LogP contribution < -0.4 is 0 Å². The summed E-state index contributed by atoms with van der Waals surface area (Å²) in [5, 5.41) is 13.6. The normalized spacial score (nSPS) is 11.4. The predicted octanol–water partition coefficient (Wildman–Crippen LogP) is 14.3. The van der Waals surface area contributed by atoms with Crippen molar-refractivity contribution >= 4 is 32.6 Å². The van der Waals surface area contributed by atoms with Gasteiger partial charge in [-0.1, -0.05) is 152 Å². The van der Waals surface area contributed by atoms with Crippen molar-refractivity contribution in [1.29, 1.82) is 0 Å². The van der Waals surface area contributed by atoms with Crippen LogP contribution in [-0.2, 0) is 0 Å². The van der Waals surface area contributed by atoms with Gasteiger partial charge in [0.2, 0.25) is 11.8 Å². The van der Waals surface area contributed by atoms with E-state index in [-0.39, 0.29) is 0 Å². The second-order valence-electron chi connectivity index (χ2n) is 14.6. The minimum absolute atomic E-state index is 0.499. The number of nitrogens with zero attached hydrogens (tertiary/aromatic N) is 3. The van der Waals surface area contributed by atoms with Gasteiger partial charge in [0.05, 0.1) is 11.0 Å². The summed E-state index contributed by atoms with van der Waals surface area (Å²) in [6.07, 6.45) is 0. The Morgan fingerprint density at radius 2 is 0.793 bits per heavy atom. The quantitative estimate of drug-likeness (QED) is 0.163. The van der Waals surface area contributed by atoms with E-state index in [2.05, 4.69) is 197 Å². The molecular weight excluding hydrogens is 707 g/mol. The molecule has 11 rings (SSSR count). The van der Waals surface area contributed by atoms with Gasteiger partial charge in [-0.05, 0) is 116 Å². The van der Waals surface area contributed by atoms with Crippen LogP contribution in [0.3, 0.4) is 0 Å². The summed E-state index contributed by atoms with van der Waals surface area (Å²) >= 11 is 0. The molecular formula is C54H35N3O. The summed E-state index contributed by atoms with van der Waals surface area (Å²) in [5.74, 6) is 1.01. The van der Waals surface area contributed by atoms with Gasteiger partial charge in [0.15, 0.2) is 0 Å². The van der Waals surface area contributed by atoms with E-state index in [0.717, 1.165) is 33.5 Å². The highest BCUT2D eigenvalue weighted by molar-refractivity contribution is 6.10. The minimum Gasteiger partial charge on any atom is -0.416 e. The SMILES string of the molecule is c1ccc(-c2nnc(-c3ccc(-c4ccccc4-c4ccccc4-c4ccc(-n5c6ccccc6c6cc(-c7ccc8ccccc8c7)ccc65)cc4)cc3)o2)cc1. The molecule has 9 aromatic carbocycles. The van der Waals surface area contributed by atoms with E-state index in [1.807, 2.05) is 30.3 Å². The molecule has 0 unspecified atom stereocenters. The zero-order valence-electron chi connectivity index (χ0n) is 31.5. The lowest BCUT2D eigenvalue weighted by atomic mass is 9.89. The zero-order valence-corrected chi connectivity index (χ0v) is 31.5. The van der Waals surface area contributed by atoms with Gasteiger partial charge >= 0.3 is 0 Å². The summed E-state index contributed by atoms with van der Waals surface area (Å²) in [5.41, 5.74) is 14.7. The van der Waals surface area contributed by atoms with Crippen LogP contribution in [0.4, 0.5) is 0 Å². The highest BCUT2D eigenvalue weighted by atomic mass is 16.4. The Balaban J connectivity index is 0.929. The number of aromatic nitrogens is 3. The lowest BCUT2D eigenvalue weighted by Gasteiger charge is -2.15. The van der Waals surface area contributed by atoms with Crippen molar-refractivity contribution in [3.8, 4) is 73.1 Å². The Bertz CT molecular complexity index is 3270. The average molecular weight is 742 g/mol. The molecule has 0 bridgehead atoms. The molecule has 272 valence electrons. The molecule has 4 nitrogen and oxygen atoms in total. The molecule has 0 aliphatic rings. The third-order valence-corrected chi connectivity index (χ3v) is 11.2. The van der Waals surface area contributed by atoms with Gasteiger partial charge in [-0.2, -0.15) is 0 Å². The summed E-state index contributed by atoms with van der Waals surface area (Å²) in [6.45, 7) is 0. The highest BCUT2D eigenvalue weighted by Crippen LogP contribution is 2.40. The molecule has 11 aromatic rings. The Labute approximate surface area is 335 Å². The van der Waals surface area contributed by atoms with Crippen molar-refractivity contribution in [2.24, 2.45) is 0 Å². The van der Waals surface area contributed by atoms with Crippen molar-refractivity contribution in [2.45, 2.75) is 0 Å². The molecule has 0 atom stereocenters. The standard InChI is InChI=1S/C54H35N3O/c1-2-13-39(14-3-1)53-55-56-54(58-53)40-25-23-37(24-26-40)45-16-6-8-18-47(45)48-19-9-7-17-46(48)38-28-31-44(32-29-38)57-51-21-11-10-20-49(51)50-35-43(30-33-52(50)57)42-27-22-36-12-4-5-15-41(36)34-42/h1-35H. The molecule has 0 N–H and O–H groups in total. The van der Waals surface area contributed by atoms with E-state index in [0.29, 0.717) is 11.8 Å². The van der Waals surface area contributed by atoms with Crippen molar-refractivity contribution < 1.29 is 4.42 Å². The zero-order chi connectivity index (χ0) is 38.4. The molecule has 0 spiro atoms. The molecule has 0 saturated heterocycles. The minimum atomic E-state index is 0.499. The fraction of sp³-hybridized carbons (Fsp3) is 0. The second-order valence-corrected chi connectivity index (χ2v) is 14.6. The largest absolute Gasteiger partial charge is 0.416 e. The average Bonchev–Trinajstić information content (AvgIpc) is 3.93. The molecule has 2 aromatic heterocycles. The second kappa shape index (κ2) is 14.0. The number of hydrogen-bond donors (Lipinski definition) is 0. The summed E-state index contributed by atoms with van der Waals surface area (Å²) in [4.78, 5) is 0. The maximum Gasteiger partial charge on any atom is 0.248 e. The molecule has 0 amide bonds. The maximum absolute atomic E-state index is 6.04. The van der Waals surface area contributed by atoms with Crippen molar-refractivity contribution in [2.75, 3.05) is 0 Å². The van der Waals surface area contributed by atoms with Gasteiger partial charge in [0.1, 0.15) is 0 Å². The van der Waals surface area contributed by atoms with Crippen LogP contribution in [0.15, 0.2) is 217 Å². The van der Waals surface area contributed by atoms with Crippen LogP contribution >= 0.6 is 0 Å². The first-order valence-electron chi connectivity index (χ1n) is 19.6. The Morgan fingerprint density at radius 3 is 1.50 bits per heavy atom. The molecule has 0 aliphatic carbocycles. The Kier molecular flexibility index (Phi) is 8.11. The number of benzene rings is 9. The van der Waals surface area contributed by atoms with Crippen LogP contribution in [0, 0.1) is 0 Å². The third kappa shape index (κ3) is 5.87. The molecule has 2 heterocycles. The van der Waals surface area contributed by atoms with Crippen LogP contribution in [0.5, 0.6) is 0 Å². The number of para-hydroxylation sites is 1. The van der Waals surface area contributed by atoms with Crippen LogP contribution in [0.2, 0.25) is 0 Å². The fourth-order valence-electron chi connectivity index (χ4n) is 8.36. The van der Waals surface area contributed by atoms with Crippen molar-refractivity contribution in [3.63, 3.8) is 0 Å². The molecule has 4 heteroatoms. The van der Waals surface area contributed by atoms with Gasteiger partial charge < -0.3 is 8.98 Å². The Morgan fingerprint density at radius 1 is 0.310 bits per heavy atom. The number of rotatable bonds is 7. The third-order valence-electron chi connectivity index (χ3n) is 11.2. The van der Waals surface area contributed by atoms with Crippen molar-refractivity contribution in [1.82, 2.24) is 14.8 Å². The molecule has 0 aliphatic heterocycles. The van der Waals surface area contributed by atoms with E-state index in [9.17, 15) is 0 Å². The lowest BCUT2D eigenvalue weighted by Crippen LogP contribution is -1.94. The van der Waals surface area contributed by atoms with E-state index >= 15 is 0 Å². The van der Waals surface area contributed by atoms with Crippen LogP contribution in [-0.4, -0.2) is 14.8 Å². The first-order valence-corrected chi connectivity index (χ1v) is 19.6. The van der Waals surface area contributed by atoms with E-state index < -0.39 is 0 Å². The first kappa shape index (κ1) is 33.5. The molecule has 0 fully saturated rings. The summed E-state index contributed by atoms with van der Waals surface area (Å²) < 4.78 is 8.43. The van der Waals surface area contributed by atoms with E-state index in [4.69, 9.17) is 4.42 Å². The molecule has 58 heavy (non-hydrogen) atoms. The van der Waals surface area contributed by atoms with Gasteiger partial charge in [-0.15, -0.1) is 10.2 Å². The van der Waals surface area contributed by atoms with E-state index in [1.54, 1.807) is 0 Å². The fourth-order valence-corrected chi connectivity index (χ4v) is 8.36. The Hall–Kier alpha value is -7.82. The predicted molar refractivity (Wildman–Crippen MR) is 239 cm³/mol. The summed E-state index contributed by atoms with van der Waals surface area (Å²) in [7, 11) is 0. The van der Waals surface area contributed by atoms with Crippen LogP contribution in [0.1, 0.15) is 0 Å². The lowest BCUT2D eigenvalue weighted by molar-refractivity contribution is 0.584. The van der Waals surface area contributed by atoms with Crippen molar-refractivity contribution in [3.05, 3.63) is 212 Å². The van der Waals surface area contributed by atoms with Gasteiger partial charge in [0, 0.05) is 27.6 Å². The number of hydrogen-bond acceptors (Lipinski definition) is 3. The topological polar surface area (TPSA) is 43.9 Å².